The highest BCUT2D eigenvalue weighted by Crippen LogP contribution is 2.20. The summed E-state index contributed by atoms with van der Waals surface area (Å²) in [5.41, 5.74) is 14.2. The number of carbonyl (C=O) groups is 1. The quantitative estimate of drug-likeness (QED) is 0.399. The zero-order valence-corrected chi connectivity index (χ0v) is 8.19. The Hall–Kier alpha value is -2.08. The Morgan fingerprint density at radius 3 is 2.44 bits per heavy atom. The molecule has 0 bridgehead atoms. The fraction of sp³-hybridized carbons (Fsp3) is 0.222. The number of carboxylic acids is 1. The van der Waals surface area contributed by atoms with Crippen LogP contribution in [0.4, 0.5) is 5.69 Å². The lowest BCUT2D eigenvalue weighted by Gasteiger charge is -2.14. The summed E-state index contributed by atoms with van der Waals surface area (Å²) in [6.45, 7) is 0. The predicted molar refractivity (Wildman–Crippen MR) is 55.8 cm³/mol. The van der Waals surface area contributed by atoms with Crippen LogP contribution in [0.15, 0.2) is 29.4 Å². The lowest BCUT2D eigenvalue weighted by atomic mass is 10.0. The van der Waals surface area contributed by atoms with Gasteiger partial charge in [0.25, 0.3) is 0 Å². The van der Waals surface area contributed by atoms with Crippen molar-refractivity contribution in [2.75, 3.05) is 0 Å². The minimum atomic E-state index is -1.38. The van der Waals surface area contributed by atoms with Crippen molar-refractivity contribution in [2.24, 2.45) is 10.8 Å². The molecule has 0 spiro atoms. The number of carboxylic acid groups (broad SMARTS) is 1. The fourth-order valence-corrected chi connectivity index (χ4v) is 1.13. The van der Waals surface area contributed by atoms with Crippen molar-refractivity contribution >= 4 is 11.7 Å². The van der Waals surface area contributed by atoms with Crippen LogP contribution in [0.25, 0.3) is 10.4 Å². The van der Waals surface area contributed by atoms with Crippen molar-refractivity contribution in [3.05, 3.63) is 40.3 Å². The van der Waals surface area contributed by atoms with Crippen LogP contribution < -0.4 is 5.73 Å². The minimum Gasteiger partial charge on any atom is -0.480 e. The summed E-state index contributed by atoms with van der Waals surface area (Å²) in [6, 6.07) is 4.46. The summed E-state index contributed by atoms with van der Waals surface area (Å²) >= 11 is 0. The first kappa shape index (κ1) is 12.0. The molecule has 0 heterocycles. The van der Waals surface area contributed by atoms with Crippen molar-refractivity contribution in [2.45, 2.75) is 12.1 Å². The highest BCUT2D eigenvalue weighted by molar-refractivity contribution is 5.74. The molecule has 1 rings (SSSR count). The summed E-state index contributed by atoms with van der Waals surface area (Å²) < 4.78 is 0. The van der Waals surface area contributed by atoms with E-state index in [4.69, 9.17) is 16.4 Å². The molecule has 1 aromatic rings. The molecule has 4 N–H and O–H groups in total. The van der Waals surface area contributed by atoms with Crippen LogP contribution >= 0.6 is 0 Å². The molecule has 84 valence electrons. The fourth-order valence-electron chi connectivity index (χ4n) is 1.13. The lowest BCUT2D eigenvalue weighted by molar-refractivity contribution is -0.141. The predicted octanol–water partition coefficient (Wildman–Crippen LogP) is 1.07. The molecule has 2 unspecified atom stereocenters. The van der Waals surface area contributed by atoms with E-state index in [-0.39, 0.29) is 0 Å². The van der Waals surface area contributed by atoms with Gasteiger partial charge in [-0.25, -0.2) is 0 Å². The van der Waals surface area contributed by atoms with Gasteiger partial charge in [0.15, 0.2) is 0 Å². The Morgan fingerprint density at radius 1 is 1.44 bits per heavy atom. The summed E-state index contributed by atoms with van der Waals surface area (Å²) in [7, 11) is 0. The Labute approximate surface area is 90.7 Å². The first-order valence-electron chi connectivity index (χ1n) is 4.37. The van der Waals surface area contributed by atoms with Gasteiger partial charge in [-0.1, -0.05) is 29.4 Å². The largest absolute Gasteiger partial charge is 0.480 e. The van der Waals surface area contributed by atoms with E-state index in [2.05, 4.69) is 10.0 Å². The van der Waals surface area contributed by atoms with Gasteiger partial charge in [0.1, 0.15) is 12.1 Å². The van der Waals surface area contributed by atoms with Gasteiger partial charge in [0.05, 0.1) is 0 Å². The van der Waals surface area contributed by atoms with Crippen LogP contribution in [-0.4, -0.2) is 22.2 Å². The average Bonchev–Trinajstić information content (AvgIpc) is 2.28. The molecule has 0 amide bonds. The molecule has 0 saturated carbocycles. The minimum absolute atomic E-state index is 0.354. The maximum Gasteiger partial charge on any atom is 0.323 e. The van der Waals surface area contributed by atoms with Crippen molar-refractivity contribution in [1.82, 2.24) is 0 Å². The van der Waals surface area contributed by atoms with Crippen LogP contribution in [0.3, 0.4) is 0 Å². The number of nitrogens with two attached hydrogens (primary N) is 1. The summed E-state index contributed by atoms with van der Waals surface area (Å²) in [5, 5.41) is 21.5. The van der Waals surface area contributed by atoms with Crippen LogP contribution in [0.2, 0.25) is 0 Å². The highest BCUT2D eigenvalue weighted by Gasteiger charge is 2.23. The summed E-state index contributed by atoms with van der Waals surface area (Å²) in [6.07, 6.45) is -1.29. The topological polar surface area (TPSA) is 132 Å². The molecule has 0 radical (unpaired) electrons. The van der Waals surface area contributed by atoms with Gasteiger partial charge in [-0.2, -0.15) is 0 Å². The third-order valence-electron chi connectivity index (χ3n) is 2.02. The number of aliphatic carboxylic acids is 1. The van der Waals surface area contributed by atoms with E-state index in [9.17, 15) is 9.90 Å². The maximum absolute atomic E-state index is 10.5. The number of azide groups is 1. The first-order valence-corrected chi connectivity index (χ1v) is 4.37. The van der Waals surface area contributed by atoms with Gasteiger partial charge < -0.3 is 15.9 Å². The molecule has 0 aromatic heterocycles. The number of rotatable bonds is 4. The van der Waals surface area contributed by atoms with Crippen LogP contribution in [-0.2, 0) is 4.79 Å². The molecule has 7 heteroatoms. The Morgan fingerprint density at radius 2 is 2.00 bits per heavy atom. The second kappa shape index (κ2) is 5.13. The average molecular weight is 222 g/mol. The van der Waals surface area contributed by atoms with E-state index in [1.54, 1.807) is 0 Å². The first-order chi connectivity index (χ1) is 7.56. The molecule has 2 atom stereocenters. The van der Waals surface area contributed by atoms with Crippen molar-refractivity contribution < 1.29 is 15.0 Å². The van der Waals surface area contributed by atoms with Gasteiger partial charge in [-0.3, -0.25) is 4.79 Å². The van der Waals surface area contributed by atoms with E-state index < -0.39 is 18.1 Å². The van der Waals surface area contributed by atoms with E-state index in [0.29, 0.717) is 11.3 Å². The standard InChI is InChI=1S/C9H10N4O3/c10-7(9(15)16)8(14)5-1-3-6(4-2-5)12-13-11/h1-4,7-8,14H,10H2,(H,15,16). The number of aliphatic hydroxyl groups excluding tert-OH is 1. The number of hydrogen-bond acceptors (Lipinski definition) is 4. The highest BCUT2D eigenvalue weighted by atomic mass is 16.4. The molecule has 1 aromatic carbocycles. The zero-order valence-electron chi connectivity index (χ0n) is 8.19. The second-order valence-electron chi connectivity index (χ2n) is 3.09. The van der Waals surface area contributed by atoms with Crippen molar-refractivity contribution in [3.8, 4) is 0 Å². The third-order valence-corrected chi connectivity index (χ3v) is 2.02. The Kier molecular flexibility index (Phi) is 3.84. The zero-order chi connectivity index (χ0) is 12.1. The molecule has 0 saturated heterocycles. The second-order valence-corrected chi connectivity index (χ2v) is 3.09. The number of hydrogen-bond donors (Lipinski definition) is 3. The molecular formula is C9H10N4O3. The van der Waals surface area contributed by atoms with Crippen LogP contribution in [0.1, 0.15) is 11.7 Å². The summed E-state index contributed by atoms with van der Waals surface area (Å²) in [5.74, 6) is -1.29. The third kappa shape index (κ3) is 2.71. The molecule has 7 nitrogen and oxygen atoms in total. The maximum atomic E-state index is 10.5. The Bertz CT molecular complexity index is 425. The molecule has 16 heavy (non-hydrogen) atoms. The normalized spacial score (nSPS) is 13.6. The SMILES string of the molecule is [N-]=[N+]=Nc1ccc(C(O)C(N)C(=O)O)cc1. The smallest absolute Gasteiger partial charge is 0.323 e. The van der Waals surface area contributed by atoms with Gasteiger partial charge in [0, 0.05) is 10.6 Å². The molecule has 0 aliphatic heterocycles. The van der Waals surface area contributed by atoms with Gasteiger partial charge in [-0.15, -0.1) is 0 Å². The monoisotopic (exact) mass is 222 g/mol. The molecule has 0 aliphatic carbocycles. The van der Waals surface area contributed by atoms with Crippen molar-refractivity contribution in [3.63, 3.8) is 0 Å². The molecule has 0 fully saturated rings. The van der Waals surface area contributed by atoms with E-state index in [0.717, 1.165) is 0 Å². The van der Waals surface area contributed by atoms with Crippen LogP contribution in [0.5, 0.6) is 0 Å². The molecular weight excluding hydrogens is 212 g/mol. The summed E-state index contributed by atoms with van der Waals surface area (Å²) in [4.78, 5) is 13.1. The van der Waals surface area contributed by atoms with Crippen LogP contribution in [0, 0.1) is 0 Å². The van der Waals surface area contributed by atoms with Gasteiger partial charge in [0.2, 0.25) is 0 Å². The van der Waals surface area contributed by atoms with Gasteiger partial charge >= 0.3 is 5.97 Å². The number of aliphatic hydroxyl groups is 1. The van der Waals surface area contributed by atoms with E-state index in [1.807, 2.05) is 0 Å². The van der Waals surface area contributed by atoms with Gasteiger partial charge in [-0.05, 0) is 11.1 Å². The Balaban J connectivity index is 2.89. The number of nitrogens with zero attached hydrogens (tertiary/aromatic N) is 3. The molecule has 0 aliphatic rings. The lowest BCUT2D eigenvalue weighted by Crippen LogP contribution is -2.36. The number of benzene rings is 1. The van der Waals surface area contributed by atoms with E-state index >= 15 is 0 Å². The van der Waals surface area contributed by atoms with E-state index in [1.165, 1.54) is 24.3 Å². The van der Waals surface area contributed by atoms with Crippen molar-refractivity contribution in [1.29, 1.82) is 0 Å².